The molecule has 3 aromatic rings. The van der Waals surface area contributed by atoms with Crippen LogP contribution in [-0.2, 0) is 0 Å². The number of benzene rings is 3. The van der Waals surface area contributed by atoms with Gasteiger partial charge in [-0.15, -0.1) is 0 Å². The predicted octanol–water partition coefficient (Wildman–Crippen LogP) is 4.90. The van der Waals surface area contributed by atoms with Crippen LogP contribution in [0.4, 0.5) is 11.4 Å². The summed E-state index contributed by atoms with van der Waals surface area (Å²) in [5.41, 5.74) is 6.58. The van der Waals surface area contributed by atoms with E-state index in [0.717, 1.165) is 0 Å². The molecule has 1 heterocycles. The number of hydrogen-bond donors (Lipinski definition) is 0. The number of fused-ring (bicyclic) bond motifs is 2. The molecule has 4 rings (SSSR count). The minimum atomic E-state index is 1.29. The van der Waals surface area contributed by atoms with Gasteiger partial charge in [0.05, 0.1) is 0 Å². The Morgan fingerprint density at radius 3 is 2.42 bits per heavy atom. The van der Waals surface area contributed by atoms with Crippen LogP contribution < -0.4 is 4.90 Å². The van der Waals surface area contributed by atoms with Crippen LogP contribution in [-0.4, -0.2) is 7.05 Å². The van der Waals surface area contributed by atoms with Crippen molar-refractivity contribution in [1.29, 1.82) is 0 Å². The first-order valence-corrected chi connectivity index (χ1v) is 6.62. The molecule has 0 spiro atoms. The maximum absolute atomic E-state index is 2.30. The van der Waals surface area contributed by atoms with E-state index in [9.17, 15) is 0 Å². The van der Waals surface area contributed by atoms with Crippen molar-refractivity contribution in [1.82, 2.24) is 0 Å². The molecule has 19 heavy (non-hydrogen) atoms. The van der Waals surface area contributed by atoms with Crippen LogP contribution in [0.1, 0.15) is 5.56 Å². The molecule has 0 aromatic heterocycles. The molecule has 0 saturated heterocycles. The lowest BCUT2D eigenvalue weighted by Gasteiger charge is -2.30. The lowest BCUT2D eigenvalue weighted by Crippen LogP contribution is -2.14. The van der Waals surface area contributed by atoms with Gasteiger partial charge in [0.15, 0.2) is 0 Å². The van der Waals surface area contributed by atoms with Crippen LogP contribution in [0.3, 0.4) is 0 Å². The summed E-state index contributed by atoms with van der Waals surface area (Å²) in [4.78, 5) is 2.30. The maximum Gasteiger partial charge on any atom is 0.0494 e. The smallest absolute Gasteiger partial charge is 0.0494 e. The first kappa shape index (κ1) is 10.6. The van der Waals surface area contributed by atoms with E-state index in [1.807, 2.05) is 0 Å². The minimum Gasteiger partial charge on any atom is -0.344 e. The Balaban J connectivity index is 2.22. The van der Waals surface area contributed by atoms with Gasteiger partial charge in [-0.05, 0) is 36.1 Å². The summed E-state index contributed by atoms with van der Waals surface area (Å²) >= 11 is 0. The van der Waals surface area contributed by atoms with Crippen LogP contribution in [0, 0.1) is 6.92 Å². The molecule has 1 aliphatic rings. The van der Waals surface area contributed by atoms with Gasteiger partial charge in [0.1, 0.15) is 0 Å². The molecule has 0 saturated carbocycles. The molecule has 3 aromatic carbocycles. The normalized spacial score (nSPS) is 12.6. The molecule has 0 bridgehead atoms. The average Bonchev–Trinajstić information content (AvgIpc) is 2.44. The molecule has 0 amide bonds. The fraction of sp³-hybridized carbons (Fsp3) is 0.111. The van der Waals surface area contributed by atoms with E-state index in [4.69, 9.17) is 0 Å². The zero-order valence-electron chi connectivity index (χ0n) is 11.1. The monoisotopic (exact) mass is 245 g/mol. The molecule has 0 atom stereocenters. The van der Waals surface area contributed by atoms with Crippen molar-refractivity contribution in [3.05, 3.63) is 60.2 Å². The van der Waals surface area contributed by atoms with E-state index in [1.165, 1.54) is 38.8 Å². The number of hydrogen-bond acceptors (Lipinski definition) is 1. The standard InChI is InChI=1S/C18H15N/c1-12-9-10-16-15(11-12)14-7-3-5-13-6-4-8-17(18(13)14)19(16)2/h3-11H,1-2H3. The molecular weight excluding hydrogens is 230 g/mol. The summed E-state index contributed by atoms with van der Waals surface area (Å²) < 4.78 is 0. The van der Waals surface area contributed by atoms with Gasteiger partial charge in [0, 0.05) is 29.4 Å². The highest BCUT2D eigenvalue weighted by atomic mass is 15.1. The number of rotatable bonds is 0. The third-order valence-corrected chi connectivity index (χ3v) is 4.05. The summed E-state index contributed by atoms with van der Waals surface area (Å²) in [6, 6.07) is 19.8. The highest BCUT2D eigenvalue weighted by molar-refractivity contribution is 6.11. The van der Waals surface area contributed by atoms with Gasteiger partial charge in [-0.3, -0.25) is 0 Å². The number of anilines is 2. The zero-order chi connectivity index (χ0) is 13.0. The zero-order valence-corrected chi connectivity index (χ0v) is 11.1. The lowest BCUT2D eigenvalue weighted by atomic mass is 9.91. The Labute approximate surface area is 113 Å². The lowest BCUT2D eigenvalue weighted by molar-refractivity contribution is 1.21. The van der Waals surface area contributed by atoms with Crippen molar-refractivity contribution in [3.8, 4) is 11.1 Å². The Kier molecular flexibility index (Phi) is 2.02. The van der Waals surface area contributed by atoms with Crippen molar-refractivity contribution in [2.75, 3.05) is 11.9 Å². The summed E-state index contributed by atoms with van der Waals surface area (Å²) in [6.07, 6.45) is 0. The average molecular weight is 245 g/mol. The van der Waals surface area contributed by atoms with E-state index < -0.39 is 0 Å². The Hall–Kier alpha value is -2.28. The van der Waals surface area contributed by atoms with Crippen molar-refractivity contribution < 1.29 is 0 Å². The second-order valence-corrected chi connectivity index (χ2v) is 5.26. The van der Waals surface area contributed by atoms with Crippen LogP contribution in [0.15, 0.2) is 54.6 Å². The van der Waals surface area contributed by atoms with Crippen molar-refractivity contribution in [2.24, 2.45) is 0 Å². The summed E-state index contributed by atoms with van der Waals surface area (Å²) in [5, 5.41) is 2.68. The molecule has 0 aliphatic carbocycles. The van der Waals surface area contributed by atoms with Gasteiger partial charge in [0.25, 0.3) is 0 Å². The number of aryl methyl sites for hydroxylation is 1. The Morgan fingerprint density at radius 1 is 0.789 bits per heavy atom. The topological polar surface area (TPSA) is 3.24 Å². The first-order chi connectivity index (χ1) is 9.25. The second kappa shape index (κ2) is 3.61. The molecule has 0 N–H and O–H groups in total. The quantitative estimate of drug-likeness (QED) is 0.544. The van der Waals surface area contributed by atoms with E-state index in [0.29, 0.717) is 0 Å². The van der Waals surface area contributed by atoms with Gasteiger partial charge in [0.2, 0.25) is 0 Å². The second-order valence-electron chi connectivity index (χ2n) is 5.26. The van der Waals surface area contributed by atoms with Crippen LogP contribution >= 0.6 is 0 Å². The molecule has 1 heteroatoms. The molecule has 0 radical (unpaired) electrons. The minimum absolute atomic E-state index is 1.29. The maximum atomic E-state index is 2.30. The van der Waals surface area contributed by atoms with E-state index in [2.05, 4.69) is 73.5 Å². The third kappa shape index (κ3) is 1.36. The van der Waals surface area contributed by atoms with Gasteiger partial charge >= 0.3 is 0 Å². The van der Waals surface area contributed by atoms with E-state index in [-0.39, 0.29) is 0 Å². The van der Waals surface area contributed by atoms with Gasteiger partial charge < -0.3 is 4.90 Å². The van der Waals surface area contributed by atoms with Gasteiger partial charge in [-0.2, -0.15) is 0 Å². The largest absolute Gasteiger partial charge is 0.344 e. The Bertz CT molecular complexity index is 797. The van der Waals surface area contributed by atoms with E-state index in [1.54, 1.807) is 0 Å². The van der Waals surface area contributed by atoms with Crippen molar-refractivity contribution in [3.63, 3.8) is 0 Å². The fourth-order valence-corrected chi connectivity index (χ4v) is 3.11. The highest BCUT2D eigenvalue weighted by Crippen LogP contribution is 2.46. The highest BCUT2D eigenvalue weighted by Gasteiger charge is 2.21. The summed E-state index contributed by atoms with van der Waals surface area (Å²) in [6.45, 7) is 2.15. The summed E-state index contributed by atoms with van der Waals surface area (Å²) in [7, 11) is 2.15. The summed E-state index contributed by atoms with van der Waals surface area (Å²) in [5.74, 6) is 0. The Morgan fingerprint density at radius 2 is 1.58 bits per heavy atom. The van der Waals surface area contributed by atoms with Crippen LogP contribution in [0.5, 0.6) is 0 Å². The fourth-order valence-electron chi connectivity index (χ4n) is 3.11. The molecule has 92 valence electrons. The van der Waals surface area contributed by atoms with Crippen LogP contribution in [0.2, 0.25) is 0 Å². The predicted molar refractivity (Wildman–Crippen MR) is 82.2 cm³/mol. The van der Waals surface area contributed by atoms with Crippen LogP contribution in [0.25, 0.3) is 21.9 Å². The SMILES string of the molecule is Cc1ccc2c(c1)-c1cccc3cccc(c13)N2C. The van der Waals surface area contributed by atoms with Crippen molar-refractivity contribution >= 4 is 22.1 Å². The number of nitrogens with zero attached hydrogens (tertiary/aromatic N) is 1. The van der Waals surface area contributed by atoms with E-state index >= 15 is 0 Å². The molecule has 1 nitrogen and oxygen atoms in total. The van der Waals surface area contributed by atoms with Crippen molar-refractivity contribution in [2.45, 2.75) is 6.92 Å². The third-order valence-electron chi connectivity index (χ3n) is 4.05. The first-order valence-electron chi connectivity index (χ1n) is 6.62. The van der Waals surface area contributed by atoms with Gasteiger partial charge in [-0.1, -0.05) is 42.0 Å². The molecular formula is C18H15N. The molecule has 0 unspecified atom stereocenters. The molecule has 0 fully saturated rings. The molecule has 1 aliphatic heterocycles. The van der Waals surface area contributed by atoms with Gasteiger partial charge in [-0.25, -0.2) is 0 Å².